The number of halogens is 2. The van der Waals surface area contributed by atoms with E-state index in [1.54, 1.807) is 6.92 Å². The van der Waals surface area contributed by atoms with Gasteiger partial charge < -0.3 is 14.5 Å². The summed E-state index contributed by atoms with van der Waals surface area (Å²) in [5, 5.41) is 6.44. The number of aryl methyl sites for hydroxylation is 1. The standard InChI is InChI=1S/C15H20F2N6O5S/c1-10-8-23(14(16)17)20-11(10)7-18-15-19-12(9-28-15)13(24)21-29(25,26)22-3-2-5-27-6-4-22/h8-9,14H,2-7H2,1H3,(H,18,19)(H,21,24). The minimum atomic E-state index is -4.04. The maximum Gasteiger partial charge on any atom is 0.333 e. The van der Waals surface area contributed by atoms with Crippen LogP contribution in [0.4, 0.5) is 14.8 Å². The molecule has 11 nitrogen and oxygen atoms in total. The molecule has 2 N–H and O–H groups in total. The Morgan fingerprint density at radius 3 is 2.86 bits per heavy atom. The Morgan fingerprint density at radius 2 is 2.14 bits per heavy atom. The van der Waals surface area contributed by atoms with Gasteiger partial charge in [0.25, 0.3) is 11.9 Å². The summed E-state index contributed by atoms with van der Waals surface area (Å²) in [4.78, 5) is 16.1. The van der Waals surface area contributed by atoms with Crippen molar-refractivity contribution in [1.29, 1.82) is 0 Å². The van der Waals surface area contributed by atoms with Gasteiger partial charge in [-0.05, 0) is 18.9 Å². The summed E-state index contributed by atoms with van der Waals surface area (Å²) < 4.78 is 63.8. The van der Waals surface area contributed by atoms with Crippen LogP contribution in [0.3, 0.4) is 0 Å². The van der Waals surface area contributed by atoms with Crippen LogP contribution in [0.1, 0.15) is 34.7 Å². The van der Waals surface area contributed by atoms with Gasteiger partial charge in [-0.15, -0.1) is 0 Å². The number of nitrogens with zero attached hydrogens (tertiary/aromatic N) is 4. The summed E-state index contributed by atoms with van der Waals surface area (Å²) in [7, 11) is -4.04. The van der Waals surface area contributed by atoms with Crippen molar-refractivity contribution >= 4 is 22.1 Å². The first-order chi connectivity index (χ1) is 13.8. The van der Waals surface area contributed by atoms with Gasteiger partial charge in [0.1, 0.15) is 6.26 Å². The molecule has 0 atom stereocenters. The van der Waals surface area contributed by atoms with E-state index < -0.39 is 22.7 Å². The fourth-order valence-corrected chi connectivity index (χ4v) is 3.76. The molecule has 0 unspecified atom stereocenters. The predicted octanol–water partition coefficient (Wildman–Crippen LogP) is 0.884. The Balaban J connectivity index is 1.59. The maximum atomic E-state index is 12.7. The van der Waals surface area contributed by atoms with Gasteiger partial charge in [0.05, 0.1) is 18.8 Å². The Labute approximate surface area is 165 Å². The van der Waals surface area contributed by atoms with Crippen molar-refractivity contribution in [3.63, 3.8) is 0 Å². The van der Waals surface area contributed by atoms with Gasteiger partial charge in [0.15, 0.2) is 5.69 Å². The van der Waals surface area contributed by atoms with Crippen LogP contribution < -0.4 is 10.0 Å². The number of aromatic nitrogens is 3. The Hall–Kier alpha value is -2.58. The number of rotatable bonds is 7. The molecule has 1 aliphatic heterocycles. The van der Waals surface area contributed by atoms with E-state index in [0.29, 0.717) is 29.0 Å². The third-order valence-electron chi connectivity index (χ3n) is 4.10. The molecule has 29 heavy (non-hydrogen) atoms. The Kier molecular flexibility index (Phi) is 6.44. The number of oxazole rings is 1. The minimum absolute atomic E-state index is 0.0270. The second kappa shape index (κ2) is 8.84. The van der Waals surface area contributed by atoms with Crippen LogP contribution in [-0.2, 0) is 21.5 Å². The first-order valence-electron chi connectivity index (χ1n) is 8.68. The van der Waals surface area contributed by atoms with E-state index in [4.69, 9.17) is 9.15 Å². The van der Waals surface area contributed by atoms with Crippen LogP contribution in [0.2, 0.25) is 0 Å². The van der Waals surface area contributed by atoms with Gasteiger partial charge in [0, 0.05) is 25.9 Å². The first-order valence-corrected chi connectivity index (χ1v) is 10.1. The maximum absolute atomic E-state index is 12.7. The molecular weight excluding hydrogens is 414 g/mol. The smallest absolute Gasteiger partial charge is 0.333 e. The highest BCUT2D eigenvalue weighted by atomic mass is 32.2. The molecule has 1 aliphatic rings. The number of alkyl halides is 2. The van der Waals surface area contributed by atoms with Gasteiger partial charge in [0.2, 0.25) is 0 Å². The lowest BCUT2D eigenvalue weighted by molar-refractivity contribution is 0.0561. The zero-order valence-electron chi connectivity index (χ0n) is 15.5. The Bertz CT molecular complexity index is 952. The fourth-order valence-electron chi connectivity index (χ4n) is 2.61. The van der Waals surface area contributed by atoms with E-state index in [2.05, 4.69) is 15.4 Å². The van der Waals surface area contributed by atoms with E-state index in [-0.39, 0.29) is 37.9 Å². The molecule has 0 aromatic carbocycles. The molecular formula is C15H20F2N6O5S. The number of carbonyl (C=O) groups is 1. The predicted molar refractivity (Wildman–Crippen MR) is 95.4 cm³/mol. The van der Waals surface area contributed by atoms with Crippen molar-refractivity contribution in [3.8, 4) is 0 Å². The molecule has 3 rings (SSSR count). The van der Waals surface area contributed by atoms with Crippen LogP contribution in [0.25, 0.3) is 0 Å². The van der Waals surface area contributed by atoms with Crippen molar-refractivity contribution in [2.75, 3.05) is 31.6 Å². The number of hydrogen-bond acceptors (Lipinski definition) is 8. The molecule has 0 spiro atoms. The lowest BCUT2D eigenvalue weighted by Crippen LogP contribution is -2.44. The van der Waals surface area contributed by atoms with Gasteiger partial charge in [-0.25, -0.2) is 9.40 Å². The molecule has 0 saturated carbocycles. The van der Waals surface area contributed by atoms with Crippen LogP contribution in [-0.4, -0.2) is 59.7 Å². The lowest BCUT2D eigenvalue weighted by Gasteiger charge is -2.18. The van der Waals surface area contributed by atoms with Crippen molar-refractivity contribution < 1.29 is 31.1 Å². The zero-order valence-corrected chi connectivity index (χ0v) is 16.3. The van der Waals surface area contributed by atoms with Crippen molar-refractivity contribution in [3.05, 3.63) is 29.4 Å². The molecule has 160 valence electrons. The van der Waals surface area contributed by atoms with Gasteiger partial charge >= 0.3 is 16.8 Å². The largest absolute Gasteiger partial charge is 0.431 e. The molecule has 0 radical (unpaired) electrons. The van der Waals surface area contributed by atoms with E-state index >= 15 is 0 Å². The molecule has 2 aromatic heterocycles. The lowest BCUT2D eigenvalue weighted by atomic mass is 10.3. The van der Waals surface area contributed by atoms with Crippen LogP contribution >= 0.6 is 0 Å². The highest BCUT2D eigenvalue weighted by Gasteiger charge is 2.27. The van der Waals surface area contributed by atoms with Gasteiger partial charge in [-0.3, -0.25) is 4.79 Å². The van der Waals surface area contributed by atoms with Crippen LogP contribution in [0.5, 0.6) is 0 Å². The molecule has 1 fully saturated rings. The topological polar surface area (TPSA) is 132 Å². The quantitative estimate of drug-likeness (QED) is 0.657. The summed E-state index contributed by atoms with van der Waals surface area (Å²) in [6.45, 7) is -0.0362. The summed E-state index contributed by atoms with van der Waals surface area (Å²) in [5.41, 5.74) is 0.632. The number of carbonyl (C=O) groups excluding carboxylic acids is 1. The number of hydrogen-bond donors (Lipinski definition) is 2. The van der Waals surface area contributed by atoms with Gasteiger partial charge in [-0.1, -0.05) is 0 Å². The fraction of sp³-hybridized carbons (Fsp3) is 0.533. The first kappa shape index (κ1) is 21.1. The van der Waals surface area contributed by atoms with Crippen LogP contribution in [0, 0.1) is 6.92 Å². The molecule has 3 heterocycles. The molecule has 14 heteroatoms. The van der Waals surface area contributed by atoms with Crippen molar-refractivity contribution in [2.45, 2.75) is 26.4 Å². The van der Waals surface area contributed by atoms with Crippen molar-refractivity contribution in [2.24, 2.45) is 0 Å². The third kappa shape index (κ3) is 5.27. The van der Waals surface area contributed by atoms with Gasteiger partial charge in [-0.2, -0.15) is 31.6 Å². The summed E-state index contributed by atoms with van der Waals surface area (Å²) in [6, 6.07) is -0.0817. The molecule has 1 amide bonds. The normalized spacial score (nSPS) is 16.0. The second-order valence-electron chi connectivity index (χ2n) is 6.21. The number of nitrogens with one attached hydrogen (secondary N) is 2. The van der Waals surface area contributed by atoms with E-state index in [0.717, 1.165) is 10.6 Å². The summed E-state index contributed by atoms with van der Waals surface area (Å²) in [5.74, 6) is -0.954. The number of amides is 1. The summed E-state index contributed by atoms with van der Waals surface area (Å²) >= 11 is 0. The molecule has 0 aliphatic carbocycles. The number of anilines is 1. The monoisotopic (exact) mass is 434 g/mol. The molecule has 1 saturated heterocycles. The summed E-state index contributed by atoms with van der Waals surface area (Å²) in [6.07, 6.45) is 2.71. The minimum Gasteiger partial charge on any atom is -0.431 e. The van der Waals surface area contributed by atoms with Crippen molar-refractivity contribution in [1.82, 2.24) is 23.8 Å². The average molecular weight is 434 g/mol. The Morgan fingerprint density at radius 1 is 1.34 bits per heavy atom. The highest BCUT2D eigenvalue weighted by Crippen LogP contribution is 2.15. The second-order valence-corrected chi connectivity index (χ2v) is 7.88. The van der Waals surface area contributed by atoms with E-state index in [9.17, 15) is 22.0 Å². The average Bonchev–Trinajstić information content (AvgIpc) is 3.17. The zero-order chi connectivity index (χ0) is 21.0. The third-order valence-corrected chi connectivity index (χ3v) is 5.59. The SMILES string of the molecule is Cc1cn(C(F)F)nc1CNc1nc(C(=O)NS(=O)(=O)N2CCCOCC2)co1. The molecule has 2 aromatic rings. The van der Waals surface area contributed by atoms with E-state index in [1.807, 2.05) is 4.72 Å². The molecule has 0 bridgehead atoms. The van der Waals surface area contributed by atoms with E-state index in [1.165, 1.54) is 6.20 Å². The van der Waals surface area contributed by atoms with Crippen LogP contribution in [0.15, 0.2) is 16.9 Å². The number of ether oxygens (including phenoxy) is 1. The highest BCUT2D eigenvalue weighted by molar-refractivity contribution is 7.87.